The molecule has 3 rings (SSSR count). The second-order valence-electron chi connectivity index (χ2n) is 8.53. The van der Waals surface area contributed by atoms with Crippen LogP contribution >= 0.6 is 11.6 Å². The summed E-state index contributed by atoms with van der Waals surface area (Å²) < 4.78 is 5.38. The van der Waals surface area contributed by atoms with Gasteiger partial charge in [0, 0.05) is 24.5 Å². The third-order valence-corrected chi connectivity index (χ3v) is 6.07. The van der Waals surface area contributed by atoms with E-state index in [4.69, 9.17) is 16.3 Å². The summed E-state index contributed by atoms with van der Waals surface area (Å²) in [6, 6.07) is 24.0. The molecule has 0 radical (unpaired) electrons. The van der Waals surface area contributed by atoms with Gasteiger partial charge in [-0.2, -0.15) is 0 Å². The van der Waals surface area contributed by atoms with E-state index in [-0.39, 0.29) is 24.8 Å². The molecule has 5 nitrogen and oxygen atoms in total. The van der Waals surface area contributed by atoms with Gasteiger partial charge in [0.05, 0.1) is 13.5 Å². The highest BCUT2D eigenvalue weighted by molar-refractivity contribution is 6.30. The van der Waals surface area contributed by atoms with Crippen molar-refractivity contribution in [2.45, 2.75) is 45.2 Å². The zero-order valence-electron chi connectivity index (χ0n) is 20.4. The summed E-state index contributed by atoms with van der Waals surface area (Å²) in [5.74, 6) is 0.419. The van der Waals surface area contributed by atoms with Gasteiger partial charge in [-0.05, 0) is 47.4 Å². The Bertz CT molecular complexity index is 1100. The molecule has 0 unspecified atom stereocenters. The molecule has 3 aromatic rings. The predicted octanol–water partition coefficient (Wildman–Crippen LogP) is 5.45. The van der Waals surface area contributed by atoms with Crippen LogP contribution in [0.25, 0.3) is 0 Å². The van der Waals surface area contributed by atoms with E-state index in [0.29, 0.717) is 23.7 Å². The molecular weight excluding hydrogens is 460 g/mol. The van der Waals surface area contributed by atoms with Gasteiger partial charge in [0.25, 0.3) is 0 Å². The normalized spacial score (nSPS) is 11.5. The minimum Gasteiger partial charge on any atom is -0.497 e. The largest absolute Gasteiger partial charge is 0.497 e. The van der Waals surface area contributed by atoms with Crippen molar-refractivity contribution in [3.05, 3.63) is 101 Å². The summed E-state index contributed by atoms with van der Waals surface area (Å²) in [4.78, 5) is 28.8. The maximum absolute atomic E-state index is 13.7. The summed E-state index contributed by atoms with van der Waals surface area (Å²) in [6.45, 7) is 2.95. The summed E-state index contributed by atoms with van der Waals surface area (Å²) in [6.07, 6.45) is 2.43. The Labute approximate surface area is 213 Å². The number of carbonyl (C=O) groups excluding carboxylic acids is 2. The standard InChI is InChI=1S/C29H33ClN2O3/c1-3-4-16-31-29(34)27(19-22-10-6-5-7-11-22)32(21-24-13-9-15-26(18-24)35-2)28(33)20-23-12-8-14-25(30)17-23/h5-15,17-18,27H,3-4,16,19-21H2,1-2H3,(H,31,34)/t27-/m0/s1. The number of hydrogen-bond acceptors (Lipinski definition) is 3. The molecule has 3 aromatic carbocycles. The molecule has 35 heavy (non-hydrogen) atoms. The Morgan fingerprint density at radius 2 is 1.66 bits per heavy atom. The van der Waals surface area contributed by atoms with Crippen molar-refractivity contribution in [1.82, 2.24) is 10.2 Å². The van der Waals surface area contributed by atoms with Crippen molar-refractivity contribution in [3.8, 4) is 5.75 Å². The van der Waals surface area contributed by atoms with E-state index >= 15 is 0 Å². The van der Waals surface area contributed by atoms with Gasteiger partial charge >= 0.3 is 0 Å². The van der Waals surface area contributed by atoms with Crippen molar-refractivity contribution in [3.63, 3.8) is 0 Å². The van der Waals surface area contributed by atoms with E-state index in [0.717, 1.165) is 29.5 Å². The van der Waals surface area contributed by atoms with E-state index in [2.05, 4.69) is 12.2 Å². The molecular formula is C29H33ClN2O3. The number of hydrogen-bond donors (Lipinski definition) is 1. The first kappa shape index (κ1) is 26.3. The second-order valence-corrected chi connectivity index (χ2v) is 8.97. The highest BCUT2D eigenvalue weighted by atomic mass is 35.5. The van der Waals surface area contributed by atoms with E-state index in [1.165, 1.54) is 0 Å². The first-order valence-corrected chi connectivity index (χ1v) is 12.4. The molecule has 2 amide bonds. The van der Waals surface area contributed by atoms with Gasteiger partial charge in [0.1, 0.15) is 11.8 Å². The summed E-state index contributed by atoms with van der Waals surface area (Å²) >= 11 is 6.16. The summed E-state index contributed by atoms with van der Waals surface area (Å²) in [7, 11) is 1.61. The van der Waals surface area contributed by atoms with Crippen molar-refractivity contribution < 1.29 is 14.3 Å². The monoisotopic (exact) mass is 492 g/mol. The molecule has 0 fully saturated rings. The molecule has 1 atom stereocenters. The van der Waals surface area contributed by atoms with Crippen LogP contribution in [0.4, 0.5) is 0 Å². The minimum atomic E-state index is -0.660. The van der Waals surface area contributed by atoms with Crippen LogP contribution in [0.2, 0.25) is 5.02 Å². The van der Waals surface area contributed by atoms with Crippen LogP contribution < -0.4 is 10.1 Å². The average molecular weight is 493 g/mol. The van der Waals surface area contributed by atoms with Crippen LogP contribution in [0.3, 0.4) is 0 Å². The lowest BCUT2D eigenvalue weighted by molar-refractivity contribution is -0.140. The van der Waals surface area contributed by atoms with E-state index in [1.54, 1.807) is 24.1 Å². The lowest BCUT2D eigenvalue weighted by Crippen LogP contribution is -2.51. The van der Waals surface area contributed by atoms with Crippen LogP contribution in [-0.4, -0.2) is 36.4 Å². The average Bonchev–Trinajstić information content (AvgIpc) is 2.87. The van der Waals surface area contributed by atoms with Crippen LogP contribution in [0.1, 0.15) is 36.5 Å². The van der Waals surface area contributed by atoms with E-state index < -0.39 is 6.04 Å². The zero-order chi connectivity index (χ0) is 25.0. The molecule has 6 heteroatoms. The molecule has 0 saturated carbocycles. The van der Waals surface area contributed by atoms with E-state index in [1.807, 2.05) is 66.7 Å². The first-order valence-electron chi connectivity index (χ1n) is 12.0. The Morgan fingerprint density at radius 3 is 2.37 bits per heavy atom. The second kappa shape index (κ2) is 13.5. The van der Waals surface area contributed by atoms with Crippen LogP contribution in [-0.2, 0) is 29.0 Å². The highest BCUT2D eigenvalue weighted by Crippen LogP contribution is 2.20. The maximum Gasteiger partial charge on any atom is 0.243 e. The zero-order valence-corrected chi connectivity index (χ0v) is 21.1. The Morgan fingerprint density at radius 1 is 0.943 bits per heavy atom. The van der Waals surface area contributed by atoms with Crippen molar-refractivity contribution in [1.29, 1.82) is 0 Å². The van der Waals surface area contributed by atoms with Gasteiger partial charge in [-0.3, -0.25) is 9.59 Å². The molecule has 0 aromatic heterocycles. The predicted molar refractivity (Wildman–Crippen MR) is 141 cm³/mol. The fourth-order valence-corrected chi connectivity index (χ4v) is 4.16. The number of halogens is 1. The minimum absolute atomic E-state index is 0.137. The highest BCUT2D eigenvalue weighted by Gasteiger charge is 2.30. The van der Waals surface area contributed by atoms with Crippen molar-refractivity contribution in [2.75, 3.05) is 13.7 Å². The van der Waals surface area contributed by atoms with Gasteiger partial charge in [0.2, 0.25) is 11.8 Å². The van der Waals surface area contributed by atoms with Crippen LogP contribution in [0.15, 0.2) is 78.9 Å². The lowest BCUT2D eigenvalue weighted by atomic mass is 10.0. The third-order valence-electron chi connectivity index (χ3n) is 5.83. The Balaban J connectivity index is 1.95. The number of nitrogens with one attached hydrogen (secondary N) is 1. The van der Waals surface area contributed by atoms with Gasteiger partial charge in [0.15, 0.2) is 0 Å². The van der Waals surface area contributed by atoms with E-state index in [9.17, 15) is 9.59 Å². The van der Waals surface area contributed by atoms with Gasteiger partial charge in [-0.25, -0.2) is 0 Å². The number of unbranched alkanes of at least 4 members (excludes halogenated alkanes) is 1. The SMILES string of the molecule is CCCCNC(=O)[C@H](Cc1ccccc1)N(Cc1cccc(OC)c1)C(=O)Cc1cccc(Cl)c1. The lowest BCUT2D eigenvalue weighted by Gasteiger charge is -2.32. The number of carbonyl (C=O) groups is 2. The number of nitrogens with zero attached hydrogens (tertiary/aromatic N) is 1. The quantitative estimate of drug-likeness (QED) is 0.342. The Hall–Kier alpha value is -3.31. The van der Waals surface area contributed by atoms with Crippen LogP contribution in [0.5, 0.6) is 5.75 Å². The molecule has 0 aliphatic heterocycles. The van der Waals surface area contributed by atoms with Gasteiger partial charge in [-0.1, -0.05) is 79.5 Å². The number of ether oxygens (including phenoxy) is 1. The molecule has 0 saturated heterocycles. The third kappa shape index (κ3) is 8.15. The molecule has 1 N–H and O–H groups in total. The van der Waals surface area contributed by atoms with Gasteiger partial charge in [-0.15, -0.1) is 0 Å². The van der Waals surface area contributed by atoms with Crippen molar-refractivity contribution in [2.24, 2.45) is 0 Å². The molecule has 0 bridgehead atoms. The number of methoxy groups -OCH3 is 1. The number of amides is 2. The fraction of sp³-hybridized carbons (Fsp3) is 0.310. The molecule has 0 aliphatic carbocycles. The molecule has 0 aliphatic rings. The van der Waals surface area contributed by atoms with Crippen LogP contribution in [0, 0.1) is 0 Å². The number of benzene rings is 3. The summed E-state index contributed by atoms with van der Waals surface area (Å²) in [5.41, 5.74) is 2.69. The molecule has 0 spiro atoms. The smallest absolute Gasteiger partial charge is 0.243 e. The van der Waals surface area contributed by atoms with Crippen molar-refractivity contribution >= 4 is 23.4 Å². The first-order chi connectivity index (χ1) is 17.0. The van der Waals surface area contributed by atoms with Gasteiger partial charge < -0.3 is 15.0 Å². The maximum atomic E-state index is 13.7. The molecule has 0 heterocycles. The topological polar surface area (TPSA) is 58.6 Å². The summed E-state index contributed by atoms with van der Waals surface area (Å²) in [5, 5.41) is 3.62. The number of rotatable bonds is 12. The fourth-order valence-electron chi connectivity index (χ4n) is 3.95. The molecule has 184 valence electrons. The Kier molecular flexibility index (Phi) is 10.2.